The maximum absolute atomic E-state index is 12.8. The molecule has 0 spiro atoms. The molecule has 2 aromatic rings. The number of aromatic nitrogens is 2. The van der Waals surface area contributed by atoms with Gasteiger partial charge < -0.3 is 19.7 Å². The molecule has 0 bridgehead atoms. The average Bonchev–Trinajstić information content (AvgIpc) is 3.39. The van der Waals surface area contributed by atoms with E-state index in [1.807, 2.05) is 54.7 Å². The van der Waals surface area contributed by atoms with Gasteiger partial charge in [0.1, 0.15) is 11.4 Å². The van der Waals surface area contributed by atoms with Crippen LogP contribution in [0.25, 0.3) is 0 Å². The third kappa shape index (κ3) is 5.98. The van der Waals surface area contributed by atoms with Crippen molar-refractivity contribution in [2.75, 3.05) is 20.2 Å². The van der Waals surface area contributed by atoms with Crippen LogP contribution >= 0.6 is 0 Å². The summed E-state index contributed by atoms with van der Waals surface area (Å²) in [6, 6.07) is 10.1. The first-order valence-electron chi connectivity index (χ1n) is 10.7. The molecule has 3 rings (SSSR count). The standard InChI is InChI=1S/C23H34N4O3/c1-23(2,3)30-22(28)27-17-5-8-20(27)21(18-9-11-19(29-4)12-10-18)24-13-6-15-26-16-7-14-25-26/h7,9-12,14,16,20-21,24H,5-6,8,13,15,17H2,1-4H3/t20-,21-/m1/s1. The minimum atomic E-state index is -0.503. The van der Waals surface area contributed by atoms with E-state index in [2.05, 4.69) is 22.5 Å². The number of methoxy groups -OCH3 is 1. The van der Waals surface area contributed by atoms with E-state index in [9.17, 15) is 4.79 Å². The summed E-state index contributed by atoms with van der Waals surface area (Å²) >= 11 is 0. The van der Waals surface area contributed by atoms with E-state index in [1.165, 1.54) is 0 Å². The second kappa shape index (κ2) is 9.98. The van der Waals surface area contributed by atoms with Crippen LogP contribution in [0.1, 0.15) is 51.6 Å². The number of amides is 1. The summed E-state index contributed by atoms with van der Waals surface area (Å²) in [5.74, 6) is 0.826. The monoisotopic (exact) mass is 414 g/mol. The number of carbonyl (C=O) groups excluding carboxylic acids is 1. The van der Waals surface area contributed by atoms with Crippen molar-refractivity contribution in [2.24, 2.45) is 0 Å². The van der Waals surface area contributed by atoms with E-state index in [0.717, 1.165) is 50.2 Å². The molecule has 7 heteroatoms. The summed E-state index contributed by atoms with van der Waals surface area (Å²) in [7, 11) is 1.67. The lowest BCUT2D eigenvalue weighted by Crippen LogP contribution is -2.46. The van der Waals surface area contributed by atoms with E-state index in [4.69, 9.17) is 9.47 Å². The van der Waals surface area contributed by atoms with E-state index >= 15 is 0 Å². The first kappa shape index (κ1) is 22.2. The zero-order valence-corrected chi connectivity index (χ0v) is 18.5. The molecule has 1 amide bonds. The van der Waals surface area contributed by atoms with E-state index < -0.39 is 5.60 Å². The molecular formula is C23H34N4O3. The second-order valence-corrected chi connectivity index (χ2v) is 8.71. The van der Waals surface area contributed by atoms with Gasteiger partial charge in [0.2, 0.25) is 0 Å². The van der Waals surface area contributed by atoms with Crippen LogP contribution in [0.2, 0.25) is 0 Å². The molecule has 1 aromatic carbocycles. The molecule has 0 saturated carbocycles. The Balaban J connectivity index is 1.72. The van der Waals surface area contributed by atoms with Gasteiger partial charge in [0.25, 0.3) is 0 Å². The maximum Gasteiger partial charge on any atom is 0.410 e. The van der Waals surface area contributed by atoms with Gasteiger partial charge in [0, 0.05) is 25.5 Å². The van der Waals surface area contributed by atoms with Gasteiger partial charge in [-0.15, -0.1) is 0 Å². The van der Waals surface area contributed by atoms with Gasteiger partial charge in [0.05, 0.1) is 19.2 Å². The van der Waals surface area contributed by atoms with Crippen LogP contribution in [0.3, 0.4) is 0 Å². The van der Waals surface area contributed by atoms with Crippen molar-refractivity contribution in [3.63, 3.8) is 0 Å². The lowest BCUT2D eigenvalue weighted by Gasteiger charge is -2.34. The Hall–Kier alpha value is -2.54. The smallest absolute Gasteiger partial charge is 0.410 e. The Kier molecular flexibility index (Phi) is 7.37. The Morgan fingerprint density at radius 3 is 2.70 bits per heavy atom. The fourth-order valence-corrected chi connectivity index (χ4v) is 3.90. The summed E-state index contributed by atoms with van der Waals surface area (Å²) in [6.45, 7) is 8.13. The highest BCUT2D eigenvalue weighted by Crippen LogP contribution is 2.31. The van der Waals surface area contributed by atoms with Crippen LogP contribution < -0.4 is 10.1 Å². The van der Waals surface area contributed by atoms with E-state index in [1.54, 1.807) is 13.3 Å². The largest absolute Gasteiger partial charge is 0.497 e. The number of hydrogen-bond acceptors (Lipinski definition) is 5. The Labute approximate surface area is 179 Å². The SMILES string of the molecule is COc1ccc([C@@H](NCCCn2cccn2)[C@H]2CCCN2C(=O)OC(C)(C)C)cc1. The van der Waals surface area contributed by atoms with Gasteiger partial charge >= 0.3 is 6.09 Å². The molecule has 1 N–H and O–H groups in total. The van der Waals surface area contributed by atoms with Crippen molar-refractivity contribution in [3.05, 3.63) is 48.3 Å². The second-order valence-electron chi connectivity index (χ2n) is 8.71. The molecular weight excluding hydrogens is 380 g/mol. The number of ether oxygens (including phenoxy) is 2. The topological polar surface area (TPSA) is 68.6 Å². The summed E-state index contributed by atoms with van der Waals surface area (Å²) in [4.78, 5) is 14.7. The lowest BCUT2D eigenvalue weighted by atomic mass is 9.97. The van der Waals surface area contributed by atoms with Crippen LogP contribution in [-0.2, 0) is 11.3 Å². The number of rotatable bonds is 8. The van der Waals surface area contributed by atoms with E-state index in [-0.39, 0.29) is 18.2 Å². The van der Waals surface area contributed by atoms with Crippen LogP contribution in [0, 0.1) is 0 Å². The molecule has 1 aliphatic heterocycles. The number of aryl methyl sites for hydroxylation is 1. The van der Waals surface area contributed by atoms with Crippen LogP contribution in [0.5, 0.6) is 5.75 Å². The molecule has 30 heavy (non-hydrogen) atoms. The lowest BCUT2D eigenvalue weighted by molar-refractivity contribution is 0.0194. The van der Waals surface area contributed by atoms with Crippen molar-refractivity contribution in [1.82, 2.24) is 20.0 Å². The Morgan fingerprint density at radius 2 is 2.07 bits per heavy atom. The number of nitrogens with one attached hydrogen (secondary N) is 1. The van der Waals surface area contributed by atoms with Crippen molar-refractivity contribution in [2.45, 2.75) is 64.3 Å². The number of carbonyl (C=O) groups is 1. The highest BCUT2D eigenvalue weighted by Gasteiger charge is 2.37. The minimum absolute atomic E-state index is 0.0311. The highest BCUT2D eigenvalue weighted by molar-refractivity contribution is 5.69. The number of benzene rings is 1. The molecule has 1 fully saturated rings. The predicted octanol–water partition coefficient (Wildman–Crippen LogP) is 4.01. The summed E-state index contributed by atoms with van der Waals surface area (Å²) in [5, 5.41) is 7.96. The van der Waals surface area contributed by atoms with Crippen molar-refractivity contribution < 1.29 is 14.3 Å². The molecule has 1 aromatic heterocycles. The molecule has 2 heterocycles. The first-order chi connectivity index (χ1) is 14.4. The number of likely N-dealkylation sites (tertiary alicyclic amines) is 1. The van der Waals surface area contributed by atoms with Gasteiger partial charge in [-0.2, -0.15) is 5.10 Å². The van der Waals surface area contributed by atoms with Crippen LogP contribution in [-0.4, -0.2) is 52.6 Å². The third-order valence-corrected chi connectivity index (χ3v) is 5.27. The fraction of sp³-hybridized carbons (Fsp3) is 0.565. The molecule has 2 atom stereocenters. The summed E-state index contributed by atoms with van der Waals surface area (Å²) in [6.07, 6.45) is 6.41. The quantitative estimate of drug-likeness (QED) is 0.661. The Bertz CT molecular complexity index is 784. The molecule has 0 radical (unpaired) electrons. The van der Waals surface area contributed by atoms with Gasteiger partial charge in [-0.05, 0) is 70.3 Å². The maximum atomic E-state index is 12.8. The number of hydrogen-bond donors (Lipinski definition) is 1. The van der Waals surface area contributed by atoms with Gasteiger partial charge in [-0.1, -0.05) is 12.1 Å². The zero-order valence-electron chi connectivity index (χ0n) is 18.5. The molecule has 0 aliphatic carbocycles. The molecule has 1 aliphatic rings. The van der Waals surface area contributed by atoms with Crippen molar-refractivity contribution in [1.29, 1.82) is 0 Å². The normalized spacial score (nSPS) is 17.7. The fourth-order valence-electron chi connectivity index (χ4n) is 3.90. The van der Waals surface area contributed by atoms with Gasteiger partial charge in [-0.25, -0.2) is 4.79 Å². The summed E-state index contributed by atoms with van der Waals surface area (Å²) in [5.41, 5.74) is 0.646. The van der Waals surface area contributed by atoms with Crippen molar-refractivity contribution >= 4 is 6.09 Å². The molecule has 0 unspecified atom stereocenters. The van der Waals surface area contributed by atoms with Crippen LogP contribution in [0.4, 0.5) is 4.79 Å². The highest BCUT2D eigenvalue weighted by atomic mass is 16.6. The number of nitrogens with zero attached hydrogens (tertiary/aromatic N) is 3. The molecule has 1 saturated heterocycles. The van der Waals surface area contributed by atoms with E-state index in [0.29, 0.717) is 0 Å². The van der Waals surface area contributed by atoms with Crippen molar-refractivity contribution in [3.8, 4) is 5.75 Å². The zero-order chi connectivity index (χ0) is 21.6. The average molecular weight is 415 g/mol. The minimum Gasteiger partial charge on any atom is -0.497 e. The summed E-state index contributed by atoms with van der Waals surface area (Å²) < 4.78 is 12.9. The first-order valence-corrected chi connectivity index (χ1v) is 10.7. The molecule has 7 nitrogen and oxygen atoms in total. The van der Waals surface area contributed by atoms with Gasteiger partial charge in [-0.3, -0.25) is 4.68 Å². The van der Waals surface area contributed by atoms with Gasteiger partial charge in [0.15, 0.2) is 0 Å². The predicted molar refractivity (Wildman–Crippen MR) is 117 cm³/mol. The molecule has 164 valence electrons. The Morgan fingerprint density at radius 1 is 1.30 bits per heavy atom. The third-order valence-electron chi connectivity index (χ3n) is 5.27. The van der Waals surface area contributed by atoms with Crippen LogP contribution in [0.15, 0.2) is 42.7 Å².